The Labute approximate surface area is 276 Å². The minimum atomic E-state index is -0.472. The van der Waals surface area contributed by atoms with Gasteiger partial charge in [-0.05, 0) is 49.9 Å². The van der Waals surface area contributed by atoms with Gasteiger partial charge in [0.25, 0.3) is 23.6 Å². The number of carbonyl (C=O) groups excluding carboxylic acids is 4. The molecule has 48 heavy (non-hydrogen) atoms. The lowest BCUT2D eigenvalue weighted by molar-refractivity contribution is 0.0874. The summed E-state index contributed by atoms with van der Waals surface area (Å²) in [7, 11) is 0. The number of benzene rings is 4. The zero-order valence-electron chi connectivity index (χ0n) is 26.3. The van der Waals surface area contributed by atoms with E-state index in [2.05, 4.69) is 21.3 Å². The molecule has 10 heteroatoms. The molecule has 4 aromatic carbocycles. The first-order valence-electron chi connectivity index (χ1n) is 17.2. The Balaban J connectivity index is 1.34. The van der Waals surface area contributed by atoms with Crippen LogP contribution in [0.1, 0.15) is 92.8 Å². The van der Waals surface area contributed by atoms with Crippen molar-refractivity contribution in [2.75, 3.05) is 31.1 Å². The van der Waals surface area contributed by atoms with Crippen molar-refractivity contribution in [2.45, 2.75) is 75.5 Å². The summed E-state index contributed by atoms with van der Waals surface area (Å²) in [4.78, 5) is 61.9. The quantitative estimate of drug-likeness (QED) is 0.178. The van der Waals surface area contributed by atoms with Crippen LogP contribution in [0, 0.1) is 0 Å². The van der Waals surface area contributed by atoms with Gasteiger partial charge in [0, 0.05) is 34.9 Å². The van der Waals surface area contributed by atoms with Gasteiger partial charge < -0.3 is 21.3 Å². The third kappa shape index (κ3) is 3.63. The smallest absolute Gasteiger partial charge is 0.268 e. The number of rotatable bonds is 2. The minimum Gasteiger partial charge on any atom is -0.378 e. The Bertz CT molecular complexity index is 1860. The van der Waals surface area contributed by atoms with Crippen molar-refractivity contribution in [3.8, 4) is 0 Å². The Kier molecular flexibility index (Phi) is 5.81. The van der Waals surface area contributed by atoms with Crippen LogP contribution in [-0.2, 0) is 0 Å². The normalized spacial score (nSPS) is 25.2. The van der Waals surface area contributed by atoms with Gasteiger partial charge in [-0.25, -0.2) is 9.80 Å². The van der Waals surface area contributed by atoms with Crippen molar-refractivity contribution in [2.24, 2.45) is 0 Å². The summed E-state index contributed by atoms with van der Waals surface area (Å²) in [5.74, 6) is -1.89. The van der Waals surface area contributed by atoms with Crippen LogP contribution in [0.15, 0.2) is 60.7 Å². The van der Waals surface area contributed by atoms with E-state index in [4.69, 9.17) is 0 Å². The molecular weight excluding hydrogens is 604 g/mol. The van der Waals surface area contributed by atoms with Crippen molar-refractivity contribution >= 4 is 68.5 Å². The molecule has 2 aliphatic carbocycles. The van der Waals surface area contributed by atoms with Gasteiger partial charge in [-0.15, -0.1) is 0 Å². The molecule has 4 heterocycles. The number of carbonyl (C=O) groups is 4. The van der Waals surface area contributed by atoms with Gasteiger partial charge in [-0.2, -0.15) is 0 Å². The molecule has 0 bridgehead atoms. The molecule has 0 saturated heterocycles. The maximum atomic E-state index is 14.8. The first kappa shape index (κ1) is 27.7. The summed E-state index contributed by atoms with van der Waals surface area (Å²) in [5.41, 5.74) is 4.34. The van der Waals surface area contributed by atoms with Crippen LogP contribution < -0.4 is 31.1 Å². The van der Waals surface area contributed by atoms with E-state index < -0.39 is 23.6 Å². The average molecular weight is 639 g/mol. The van der Waals surface area contributed by atoms with Crippen molar-refractivity contribution < 1.29 is 19.2 Å². The summed E-state index contributed by atoms with van der Waals surface area (Å²) in [6.45, 7) is 0. The largest absolute Gasteiger partial charge is 0.378 e. The van der Waals surface area contributed by atoms with Crippen LogP contribution in [0.25, 0.3) is 10.8 Å². The van der Waals surface area contributed by atoms with Crippen molar-refractivity contribution in [3.63, 3.8) is 0 Å². The summed E-state index contributed by atoms with van der Waals surface area (Å²) in [5, 5.41) is 15.6. The van der Waals surface area contributed by atoms with Crippen LogP contribution in [0.3, 0.4) is 0 Å². The Morgan fingerprint density at radius 1 is 0.417 bits per heavy atom. The fourth-order valence-electron chi connectivity index (χ4n) is 9.13. The number of hydrogen-bond donors (Lipinski definition) is 4. The van der Waals surface area contributed by atoms with Gasteiger partial charge in [0.2, 0.25) is 0 Å². The molecule has 240 valence electrons. The van der Waals surface area contributed by atoms with Crippen molar-refractivity contribution in [3.05, 3.63) is 82.9 Å². The number of anilines is 6. The first-order valence-corrected chi connectivity index (χ1v) is 17.2. The lowest BCUT2D eigenvalue weighted by atomic mass is 9.78. The maximum Gasteiger partial charge on any atom is 0.268 e. The van der Waals surface area contributed by atoms with Crippen LogP contribution in [0.2, 0.25) is 0 Å². The predicted octanol–water partition coefficient (Wildman–Crippen LogP) is 6.74. The topological polar surface area (TPSA) is 123 Å². The van der Waals surface area contributed by atoms with Gasteiger partial charge in [-0.1, -0.05) is 62.1 Å². The van der Waals surface area contributed by atoms with E-state index in [0.29, 0.717) is 67.2 Å². The van der Waals surface area contributed by atoms with Gasteiger partial charge >= 0.3 is 0 Å². The molecule has 6 aliphatic rings. The Hall–Kier alpha value is -5.38. The fourth-order valence-corrected chi connectivity index (χ4v) is 9.13. The molecule has 4 aliphatic heterocycles. The number of imide groups is 2. The fraction of sp³-hybridized carbons (Fsp3) is 0.316. The highest BCUT2D eigenvalue weighted by atomic mass is 16.2. The van der Waals surface area contributed by atoms with E-state index in [1.807, 2.05) is 36.4 Å². The monoisotopic (exact) mass is 638 g/mol. The molecule has 0 spiro atoms. The molecule has 0 radical (unpaired) electrons. The average Bonchev–Trinajstić information content (AvgIpc) is 3.11. The first-order chi connectivity index (χ1) is 23.5. The standard InChI is InChI=1S/C38H34N6O4/c45-35-27-25-26-29(33-31(27)39-21-15-7-9-17-23(21)41-33)37(47)44(20-13-5-2-6-14-20)38(48)30(26)34-32(40-22-16-8-10-18-24(22)42-34)28(25)36(46)43(35)19-11-3-1-4-12-19/h1-6,11-14,21-24,39-42H,7-10,15-18H2. The number of nitrogens with zero attached hydrogens (tertiary/aromatic N) is 2. The summed E-state index contributed by atoms with van der Waals surface area (Å²) < 4.78 is 0. The highest BCUT2D eigenvalue weighted by Gasteiger charge is 2.50. The summed E-state index contributed by atoms with van der Waals surface area (Å²) in [6, 6.07) is 18.2. The molecule has 10 rings (SSSR count). The highest BCUT2D eigenvalue weighted by Crippen LogP contribution is 2.55. The van der Waals surface area contributed by atoms with Crippen LogP contribution >= 0.6 is 0 Å². The SMILES string of the molecule is O=C1c2c3c(c4c5c(c6c(c(c25)C(=O)N1c1ccccc1)NC1CCCCC1N6)C(=O)N(c1ccccc1)C4=O)NC1CCCCC1N3. The number of amides is 4. The number of fused-ring (bicyclic) bond motifs is 8. The van der Waals surface area contributed by atoms with E-state index in [1.165, 1.54) is 9.80 Å². The lowest BCUT2D eigenvalue weighted by Gasteiger charge is -2.45. The summed E-state index contributed by atoms with van der Waals surface area (Å²) in [6.07, 6.45) is 7.88. The zero-order chi connectivity index (χ0) is 32.3. The van der Waals surface area contributed by atoms with Crippen molar-refractivity contribution in [1.82, 2.24) is 0 Å². The second kappa shape index (κ2) is 10.1. The molecular formula is C38H34N6O4. The van der Waals surface area contributed by atoms with E-state index in [0.717, 1.165) is 51.4 Å². The molecule has 2 saturated carbocycles. The van der Waals surface area contributed by atoms with Gasteiger partial charge in [-0.3, -0.25) is 19.2 Å². The third-order valence-corrected chi connectivity index (χ3v) is 11.3. The van der Waals surface area contributed by atoms with Crippen LogP contribution in [-0.4, -0.2) is 47.8 Å². The Morgan fingerprint density at radius 3 is 0.958 bits per heavy atom. The maximum absolute atomic E-state index is 14.8. The van der Waals surface area contributed by atoms with Gasteiger partial charge in [0.15, 0.2) is 0 Å². The van der Waals surface area contributed by atoms with E-state index in [9.17, 15) is 19.2 Å². The minimum absolute atomic E-state index is 0.0524. The molecule has 4 N–H and O–H groups in total. The van der Waals surface area contributed by atoms with Crippen molar-refractivity contribution in [1.29, 1.82) is 0 Å². The highest BCUT2D eigenvalue weighted by molar-refractivity contribution is 6.47. The van der Waals surface area contributed by atoms with Crippen LogP contribution in [0.4, 0.5) is 34.1 Å². The van der Waals surface area contributed by atoms with E-state index >= 15 is 0 Å². The Morgan fingerprint density at radius 2 is 0.688 bits per heavy atom. The molecule has 4 amide bonds. The second-order valence-electron chi connectivity index (χ2n) is 13.9. The van der Waals surface area contributed by atoms with E-state index in [1.54, 1.807) is 24.3 Å². The number of nitrogens with one attached hydrogen (secondary N) is 4. The van der Waals surface area contributed by atoms with Gasteiger partial charge in [0.1, 0.15) is 0 Å². The van der Waals surface area contributed by atoms with E-state index in [-0.39, 0.29) is 24.2 Å². The van der Waals surface area contributed by atoms with Crippen LogP contribution in [0.5, 0.6) is 0 Å². The zero-order valence-corrected chi connectivity index (χ0v) is 26.3. The molecule has 0 aromatic heterocycles. The summed E-state index contributed by atoms with van der Waals surface area (Å²) >= 11 is 0. The molecule has 10 nitrogen and oxygen atoms in total. The lowest BCUT2D eigenvalue weighted by Crippen LogP contribution is -2.51. The number of hydrogen-bond acceptors (Lipinski definition) is 8. The number of para-hydroxylation sites is 2. The molecule has 4 unspecified atom stereocenters. The van der Waals surface area contributed by atoms with Gasteiger partial charge in [0.05, 0.1) is 56.4 Å². The molecule has 4 atom stereocenters. The molecule has 2 fully saturated rings. The second-order valence-corrected chi connectivity index (χ2v) is 13.9. The molecule has 4 aromatic rings. The third-order valence-electron chi connectivity index (χ3n) is 11.3. The predicted molar refractivity (Wildman–Crippen MR) is 186 cm³/mol.